The van der Waals surface area contributed by atoms with Crippen LogP contribution >= 0.6 is 11.3 Å². The Bertz CT molecular complexity index is 1250. The summed E-state index contributed by atoms with van der Waals surface area (Å²) >= 11 is 1.23. The number of hydrogen-bond acceptors (Lipinski definition) is 6. The van der Waals surface area contributed by atoms with Crippen molar-refractivity contribution in [3.8, 4) is 5.19 Å². The number of fused-ring (bicyclic) bond motifs is 2. The molecule has 1 aliphatic heterocycles. The zero-order chi connectivity index (χ0) is 26.0. The fraction of sp³-hybridized carbons (Fsp3) is 0.519. The number of nitrogens with one attached hydrogen (secondary N) is 1. The second kappa shape index (κ2) is 10.9. The summed E-state index contributed by atoms with van der Waals surface area (Å²) in [7, 11) is 0. The number of carbonyl (C=O) groups is 1. The monoisotopic (exact) mass is 532 g/mol. The number of benzene rings is 1. The van der Waals surface area contributed by atoms with Crippen molar-refractivity contribution in [3.05, 3.63) is 52.2 Å². The first-order valence-corrected chi connectivity index (χ1v) is 13.6. The molecule has 1 saturated carbocycles. The lowest BCUT2D eigenvalue weighted by atomic mass is 9.84. The van der Waals surface area contributed by atoms with Crippen LogP contribution in [0.25, 0.3) is 10.9 Å². The lowest BCUT2D eigenvalue weighted by Crippen LogP contribution is -2.38. The first-order chi connectivity index (χ1) is 17.7. The lowest BCUT2D eigenvalue weighted by Gasteiger charge is -2.32. The van der Waals surface area contributed by atoms with Crippen LogP contribution in [0, 0.1) is 12.8 Å². The van der Waals surface area contributed by atoms with Gasteiger partial charge in [0.25, 0.3) is 11.1 Å². The Hall–Kier alpha value is -2.72. The van der Waals surface area contributed by atoms with Gasteiger partial charge < -0.3 is 10.1 Å². The van der Waals surface area contributed by atoms with Crippen molar-refractivity contribution in [1.82, 2.24) is 20.2 Å². The minimum Gasteiger partial charge on any atom is -0.460 e. The number of halogens is 3. The Balaban J connectivity index is 1.07. The number of rotatable bonds is 7. The molecule has 1 N–H and O–H groups in total. The molecule has 3 aromatic rings. The summed E-state index contributed by atoms with van der Waals surface area (Å²) in [5.41, 5.74) is 3.28. The van der Waals surface area contributed by atoms with Gasteiger partial charge in [0.05, 0.1) is 11.2 Å². The molecule has 0 radical (unpaired) electrons. The maximum Gasteiger partial charge on any atom is 0.422 e. The fourth-order valence-electron chi connectivity index (χ4n) is 5.30. The molecular formula is C27H31F3N4O2S. The summed E-state index contributed by atoms with van der Waals surface area (Å²) in [6.45, 7) is 3.13. The van der Waals surface area contributed by atoms with E-state index in [1.807, 2.05) is 37.3 Å². The van der Waals surface area contributed by atoms with Crippen LogP contribution in [0.4, 0.5) is 13.2 Å². The molecule has 3 heterocycles. The first kappa shape index (κ1) is 25.9. The maximum atomic E-state index is 13.0. The highest BCUT2D eigenvalue weighted by Gasteiger charge is 2.30. The predicted octanol–water partition coefficient (Wildman–Crippen LogP) is 5.68. The zero-order valence-electron chi connectivity index (χ0n) is 20.8. The van der Waals surface area contributed by atoms with Gasteiger partial charge in [0.1, 0.15) is 0 Å². The van der Waals surface area contributed by atoms with Gasteiger partial charge in [-0.1, -0.05) is 23.5 Å². The van der Waals surface area contributed by atoms with E-state index in [2.05, 4.69) is 20.2 Å². The molecule has 1 aromatic carbocycles. The predicted molar refractivity (Wildman–Crippen MR) is 137 cm³/mol. The number of amides is 1. The van der Waals surface area contributed by atoms with E-state index in [1.165, 1.54) is 11.3 Å². The smallest absolute Gasteiger partial charge is 0.422 e. The SMILES string of the molecule is Cc1ccc2c(C(=O)NC3CCC(CCN4CCc5sc(OCC(F)(F)F)nc5C4)CC3)cccc2n1. The number of aryl methyl sites for hydroxylation is 1. The van der Waals surface area contributed by atoms with E-state index in [0.717, 1.165) is 78.8 Å². The molecule has 5 rings (SSSR count). The van der Waals surface area contributed by atoms with Gasteiger partial charge in [-0.15, -0.1) is 0 Å². The van der Waals surface area contributed by atoms with Crippen molar-refractivity contribution in [3.63, 3.8) is 0 Å². The van der Waals surface area contributed by atoms with E-state index >= 15 is 0 Å². The number of alkyl halides is 3. The number of hydrogen-bond donors (Lipinski definition) is 1. The zero-order valence-corrected chi connectivity index (χ0v) is 21.6. The van der Waals surface area contributed by atoms with E-state index in [1.54, 1.807) is 0 Å². The number of ether oxygens (including phenoxy) is 1. The van der Waals surface area contributed by atoms with Gasteiger partial charge in [0.2, 0.25) is 0 Å². The van der Waals surface area contributed by atoms with Crippen LogP contribution in [0.2, 0.25) is 0 Å². The highest BCUT2D eigenvalue weighted by molar-refractivity contribution is 7.13. The Morgan fingerprint density at radius 1 is 1.16 bits per heavy atom. The summed E-state index contributed by atoms with van der Waals surface area (Å²) in [6.07, 6.45) is 1.60. The molecule has 2 aliphatic rings. The van der Waals surface area contributed by atoms with Gasteiger partial charge in [0.15, 0.2) is 6.61 Å². The summed E-state index contributed by atoms with van der Waals surface area (Å²) < 4.78 is 42.1. The van der Waals surface area contributed by atoms with Crippen LogP contribution in [0.5, 0.6) is 5.19 Å². The van der Waals surface area contributed by atoms with E-state index < -0.39 is 12.8 Å². The summed E-state index contributed by atoms with van der Waals surface area (Å²) in [4.78, 5) is 25.2. The third-order valence-corrected chi connectivity index (χ3v) is 8.37. The van der Waals surface area contributed by atoms with E-state index in [0.29, 0.717) is 18.0 Å². The van der Waals surface area contributed by atoms with Crippen LogP contribution in [0.3, 0.4) is 0 Å². The summed E-state index contributed by atoms with van der Waals surface area (Å²) in [5.74, 6) is 0.575. The molecule has 1 fully saturated rings. The van der Waals surface area contributed by atoms with Crippen LogP contribution in [0.1, 0.15) is 58.7 Å². The van der Waals surface area contributed by atoms with Gasteiger partial charge >= 0.3 is 6.18 Å². The highest BCUT2D eigenvalue weighted by Crippen LogP contribution is 2.32. The average molecular weight is 533 g/mol. The number of pyridine rings is 1. The molecule has 0 bridgehead atoms. The molecule has 1 amide bonds. The topological polar surface area (TPSA) is 67.4 Å². The summed E-state index contributed by atoms with van der Waals surface area (Å²) in [6, 6.07) is 9.75. The fourth-order valence-corrected chi connectivity index (χ4v) is 6.21. The Labute approximate surface area is 218 Å². The van der Waals surface area contributed by atoms with E-state index in [4.69, 9.17) is 4.74 Å². The van der Waals surface area contributed by atoms with Crippen LogP contribution in [-0.2, 0) is 13.0 Å². The second-order valence-electron chi connectivity index (χ2n) is 10.1. The normalized spacial score (nSPS) is 20.5. The molecular weight excluding hydrogens is 501 g/mol. The third-order valence-electron chi connectivity index (χ3n) is 7.30. The number of carbonyl (C=O) groups excluding carboxylic acids is 1. The minimum absolute atomic E-state index is 0.0364. The van der Waals surface area contributed by atoms with Crippen molar-refractivity contribution in [1.29, 1.82) is 0 Å². The standard InChI is InChI=1S/C27H31F3N4O2S/c1-17-5-10-20-21(3-2-4-22(20)31-17)25(35)32-19-8-6-18(7-9-19)11-13-34-14-12-24-23(15-34)33-26(37-24)36-16-27(28,29)30/h2-5,10,18-19H,6-9,11-16H2,1H3,(H,32,35). The third kappa shape index (κ3) is 6.59. The summed E-state index contributed by atoms with van der Waals surface area (Å²) in [5, 5.41) is 4.22. The second-order valence-corrected chi connectivity index (χ2v) is 11.1. The van der Waals surface area contributed by atoms with Gasteiger partial charge in [-0.05, 0) is 76.1 Å². The van der Waals surface area contributed by atoms with Crippen LogP contribution in [0.15, 0.2) is 30.3 Å². The van der Waals surface area contributed by atoms with E-state index in [9.17, 15) is 18.0 Å². The molecule has 10 heteroatoms. The van der Waals surface area contributed by atoms with Crippen molar-refractivity contribution in [2.45, 2.75) is 64.2 Å². The van der Waals surface area contributed by atoms with Crippen molar-refractivity contribution in [2.24, 2.45) is 5.92 Å². The van der Waals surface area contributed by atoms with Gasteiger partial charge in [-0.25, -0.2) is 4.98 Å². The molecule has 37 heavy (non-hydrogen) atoms. The molecule has 0 unspecified atom stereocenters. The highest BCUT2D eigenvalue weighted by atomic mass is 32.1. The van der Waals surface area contributed by atoms with Crippen molar-refractivity contribution < 1.29 is 22.7 Å². The van der Waals surface area contributed by atoms with Crippen LogP contribution < -0.4 is 10.1 Å². The molecule has 1 aliphatic carbocycles. The molecule has 0 spiro atoms. The Morgan fingerprint density at radius 2 is 1.97 bits per heavy atom. The van der Waals surface area contributed by atoms with Gasteiger partial charge in [-0.2, -0.15) is 13.2 Å². The molecule has 6 nitrogen and oxygen atoms in total. The first-order valence-electron chi connectivity index (χ1n) is 12.8. The average Bonchev–Trinajstić information content (AvgIpc) is 3.28. The van der Waals surface area contributed by atoms with Gasteiger partial charge in [-0.3, -0.25) is 14.7 Å². The lowest BCUT2D eigenvalue weighted by molar-refractivity contribution is -0.153. The van der Waals surface area contributed by atoms with Crippen molar-refractivity contribution in [2.75, 3.05) is 19.7 Å². The van der Waals surface area contributed by atoms with E-state index in [-0.39, 0.29) is 17.1 Å². The minimum atomic E-state index is -4.35. The number of nitrogens with zero attached hydrogens (tertiary/aromatic N) is 3. The van der Waals surface area contributed by atoms with Crippen molar-refractivity contribution >= 4 is 28.1 Å². The molecule has 0 atom stereocenters. The number of aromatic nitrogens is 2. The molecule has 2 aromatic heterocycles. The maximum absolute atomic E-state index is 13.0. The quantitative estimate of drug-likeness (QED) is 0.424. The Kier molecular flexibility index (Phi) is 7.67. The largest absolute Gasteiger partial charge is 0.460 e. The molecule has 0 saturated heterocycles. The number of thiazole rings is 1. The Morgan fingerprint density at radius 3 is 2.76 bits per heavy atom. The van der Waals surface area contributed by atoms with Crippen LogP contribution in [-0.4, -0.2) is 52.7 Å². The van der Waals surface area contributed by atoms with Gasteiger partial charge in [0, 0.05) is 40.7 Å². The molecule has 198 valence electrons.